The normalized spacial score (nSPS) is 18.9. The molecule has 1 saturated heterocycles. The predicted molar refractivity (Wildman–Crippen MR) is 104 cm³/mol. The second-order valence-corrected chi connectivity index (χ2v) is 9.35. The topological polar surface area (TPSA) is 110 Å². The maximum atomic E-state index is 12.4. The van der Waals surface area contributed by atoms with Crippen LogP contribution in [0.25, 0.3) is 0 Å². The fourth-order valence-corrected chi connectivity index (χ4v) is 4.75. The molecule has 1 heterocycles. The molecule has 2 amide bonds. The van der Waals surface area contributed by atoms with Crippen molar-refractivity contribution in [2.24, 2.45) is 0 Å². The van der Waals surface area contributed by atoms with Crippen molar-refractivity contribution in [2.75, 3.05) is 25.1 Å². The van der Waals surface area contributed by atoms with Gasteiger partial charge < -0.3 is 15.0 Å². The van der Waals surface area contributed by atoms with Gasteiger partial charge in [-0.05, 0) is 50.5 Å². The van der Waals surface area contributed by atoms with E-state index in [1.165, 1.54) is 18.9 Å². The molecular weight excluding hydrogens is 384 g/mol. The van der Waals surface area contributed by atoms with Crippen LogP contribution in [0.4, 0.5) is 0 Å². The van der Waals surface area contributed by atoms with Gasteiger partial charge in [0.15, 0.2) is 15.9 Å². The minimum Gasteiger partial charge on any atom is -0.451 e. The van der Waals surface area contributed by atoms with Crippen LogP contribution in [0.2, 0.25) is 0 Å². The molecular formula is C19H26N2O6S. The fraction of sp³-hybridized carbons (Fsp3) is 0.526. The number of rotatable bonds is 6. The second-order valence-electron chi connectivity index (χ2n) is 7.12. The largest absolute Gasteiger partial charge is 0.451 e. The van der Waals surface area contributed by atoms with Crippen molar-refractivity contribution < 1.29 is 27.5 Å². The molecule has 1 aliphatic heterocycles. The van der Waals surface area contributed by atoms with E-state index in [2.05, 4.69) is 5.32 Å². The molecule has 0 radical (unpaired) electrons. The minimum absolute atomic E-state index is 0.0496. The molecule has 2 rings (SSSR count). The van der Waals surface area contributed by atoms with Crippen molar-refractivity contribution in [3.8, 4) is 0 Å². The lowest BCUT2D eigenvalue weighted by Crippen LogP contribution is -2.44. The quantitative estimate of drug-likeness (QED) is 0.688. The van der Waals surface area contributed by atoms with E-state index in [4.69, 9.17) is 4.74 Å². The Morgan fingerprint density at radius 1 is 1.25 bits per heavy atom. The van der Waals surface area contributed by atoms with Crippen molar-refractivity contribution in [3.05, 3.63) is 34.9 Å². The lowest BCUT2D eigenvalue weighted by atomic mass is 10.1. The molecule has 0 aliphatic carbocycles. The van der Waals surface area contributed by atoms with E-state index in [1.807, 2.05) is 19.9 Å². The highest BCUT2D eigenvalue weighted by Crippen LogP contribution is 2.17. The Bertz CT molecular complexity index is 880. The number of sulfone groups is 1. The summed E-state index contributed by atoms with van der Waals surface area (Å²) in [6, 6.07) is 4.80. The van der Waals surface area contributed by atoms with Crippen LogP contribution in [-0.4, -0.2) is 68.3 Å². The fourth-order valence-electron chi connectivity index (χ4n) is 2.97. The maximum Gasteiger partial charge on any atom is 0.326 e. The number of esters is 1. The zero-order valence-corrected chi connectivity index (χ0v) is 17.3. The summed E-state index contributed by atoms with van der Waals surface area (Å²) in [6.45, 7) is 4.88. The molecule has 1 aromatic carbocycles. The third-order valence-corrected chi connectivity index (χ3v) is 6.67. The second kappa shape index (κ2) is 8.72. The molecule has 2 atom stereocenters. The number of carbonyl (C=O) groups excluding carboxylic acids is 3. The van der Waals surface area contributed by atoms with Crippen LogP contribution in [0.1, 0.15) is 34.8 Å². The van der Waals surface area contributed by atoms with Gasteiger partial charge in [-0.15, -0.1) is 0 Å². The summed E-state index contributed by atoms with van der Waals surface area (Å²) in [5, 5.41) is 2.47. The molecule has 8 nitrogen and oxygen atoms in total. The van der Waals surface area contributed by atoms with Crippen LogP contribution in [0.15, 0.2) is 18.2 Å². The zero-order chi connectivity index (χ0) is 21.1. The van der Waals surface area contributed by atoms with Crippen LogP contribution in [0, 0.1) is 13.8 Å². The van der Waals surface area contributed by atoms with Crippen LogP contribution in [0.3, 0.4) is 0 Å². The van der Waals surface area contributed by atoms with E-state index < -0.39 is 39.8 Å². The number of ether oxygens (including phenoxy) is 1. The van der Waals surface area contributed by atoms with Gasteiger partial charge in [-0.2, -0.15) is 0 Å². The summed E-state index contributed by atoms with van der Waals surface area (Å²) < 4.78 is 28.2. The number of hydrogen-bond donors (Lipinski definition) is 1. The third kappa shape index (κ3) is 5.54. The van der Waals surface area contributed by atoms with Crippen molar-refractivity contribution in [1.82, 2.24) is 10.2 Å². The molecule has 154 valence electrons. The first-order valence-corrected chi connectivity index (χ1v) is 10.8. The highest BCUT2D eigenvalue weighted by molar-refractivity contribution is 7.91. The average Bonchev–Trinajstić information content (AvgIpc) is 3.00. The molecule has 0 unspecified atom stereocenters. The van der Waals surface area contributed by atoms with E-state index in [-0.39, 0.29) is 18.1 Å². The Balaban J connectivity index is 1.83. The number of benzene rings is 1. The molecule has 1 N–H and O–H groups in total. The number of hydrogen-bond acceptors (Lipinski definition) is 6. The molecule has 1 fully saturated rings. The predicted octanol–water partition coefficient (Wildman–Crippen LogP) is 0.610. The smallest absolute Gasteiger partial charge is 0.326 e. The van der Waals surface area contributed by atoms with Gasteiger partial charge in [0, 0.05) is 18.7 Å². The monoisotopic (exact) mass is 410 g/mol. The summed E-state index contributed by atoms with van der Waals surface area (Å²) in [4.78, 5) is 37.8. The number of aryl methyl sites for hydroxylation is 2. The number of amides is 2. The van der Waals surface area contributed by atoms with Gasteiger partial charge in [0.25, 0.3) is 11.8 Å². The summed E-state index contributed by atoms with van der Waals surface area (Å²) in [5.74, 6) is -1.66. The van der Waals surface area contributed by atoms with Gasteiger partial charge >= 0.3 is 5.97 Å². The number of nitrogens with one attached hydrogen (secondary N) is 1. The molecule has 9 heteroatoms. The summed E-state index contributed by atoms with van der Waals surface area (Å²) in [7, 11) is -1.62. The molecule has 0 spiro atoms. The Hall–Kier alpha value is -2.42. The summed E-state index contributed by atoms with van der Waals surface area (Å²) >= 11 is 0. The zero-order valence-electron chi connectivity index (χ0n) is 16.5. The van der Waals surface area contributed by atoms with Crippen LogP contribution in [0.5, 0.6) is 0 Å². The standard InChI is InChI=1S/C19H26N2O6S/c1-12-5-6-15(9-13(12)2)18(23)20-10-17(22)27-14(3)19(24)21(4)16-7-8-28(25,26)11-16/h5-6,9,14,16H,7-8,10-11H2,1-4H3,(H,20,23)/t14-,16+/m1/s1. The lowest BCUT2D eigenvalue weighted by molar-refractivity contribution is -0.158. The van der Waals surface area contributed by atoms with E-state index in [9.17, 15) is 22.8 Å². The highest BCUT2D eigenvalue weighted by Gasteiger charge is 2.34. The molecule has 0 aromatic heterocycles. The Morgan fingerprint density at radius 2 is 1.93 bits per heavy atom. The first-order chi connectivity index (χ1) is 13.0. The first-order valence-electron chi connectivity index (χ1n) is 9.02. The van der Waals surface area contributed by atoms with Crippen molar-refractivity contribution in [2.45, 2.75) is 39.3 Å². The molecule has 1 aromatic rings. The van der Waals surface area contributed by atoms with Crippen LogP contribution in [-0.2, 0) is 24.2 Å². The molecule has 0 bridgehead atoms. The first kappa shape index (κ1) is 21.9. The number of carbonyl (C=O) groups is 3. The minimum atomic E-state index is -3.12. The maximum absolute atomic E-state index is 12.4. The number of nitrogens with zero attached hydrogens (tertiary/aromatic N) is 1. The summed E-state index contributed by atoms with van der Waals surface area (Å²) in [6.07, 6.45) is -0.698. The Morgan fingerprint density at radius 3 is 2.50 bits per heavy atom. The molecule has 1 aliphatic rings. The van der Waals surface area contributed by atoms with Gasteiger partial charge in [0.05, 0.1) is 11.5 Å². The van der Waals surface area contributed by atoms with E-state index in [1.54, 1.807) is 12.1 Å². The van der Waals surface area contributed by atoms with Crippen LogP contribution < -0.4 is 5.32 Å². The van der Waals surface area contributed by atoms with E-state index >= 15 is 0 Å². The highest BCUT2D eigenvalue weighted by atomic mass is 32.2. The average molecular weight is 410 g/mol. The van der Waals surface area contributed by atoms with Gasteiger partial charge in [0.2, 0.25) is 0 Å². The van der Waals surface area contributed by atoms with Crippen molar-refractivity contribution in [3.63, 3.8) is 0 Å². The summed E-state index contributed by atoms with van der Waals surface area (Å²) in [5.41, 5.74) is 2.45. The van der Waals surface area contributed by atoms with Gasteiger partial charge in [-0.1, -0.05) is 6.07 Å². The van der Waals surface area contributed by atoms with Crippen LogP contribution >= 0.6 is 0 Å². The van der Waals surface area contributed by atoms with E-state index in [0.29, 0.717) is 12.0 Å². The molecule has 28 heavy (non-hydrogen) atoms. The Labute approximate surface area is 165 Å². The number of likely N-dealkylation sites (N-methyl/N-ethyl adjacent to an activating group) is 1. The lowest BCUT2D eigenvalue weighted by Gasteiger charge is -2.26. The van der Waals surface area contributed by atoms with Gasteiger partial charge in [-0.25, -0.2) is 8.42 Å². The van der Waals surface area contributed by atoms with E-state index in [0.717, 1.165) is 11.1 Å². The van der Waals surface area contributed by atoms with Crippen molar-refractivity contribution in [1.29, 1.82) is 0 Å². The van der Waals surface area contributed by atoms with Gasteiger partial charge in [-0.3, -0.25) is 14.4 Å². The Kier molecular flexibility index (Phi) is 6.82. The SMILES string of the molecule is Cc1ccc(C(=O)NCC(=O)O[C@H](C)C(=O)N(C)[C@H]2CCS(=O)(=O)C2)cc1C. The van der Waals surface area contributed by atoms with Gasteiger partial charge in [0.1, 0.15) is 6.54 Å². The third-order valence-electron chi connectivity index (χ3n) is 4.92. The molecule has 0 saturated carbocycles. The van der Waals surface area contributed by atoms with Crippen molar-refractivity contribution >= 4 is 27.6 Å².